The predicted molar refractivity (Wildman–Crippen MR) is 70.2 cm³/mol. The lowest BCUT2D eigenvalue weighted by Crippen LogP contribution is -2.12. The van der Waals surface area contributed by atoms with Gasteiger partial charge in [0.2, 0.25) is 0 Å². The van der Waals surface area contributed by atoms with Crippen LogP contribution in [0.25, 0.3) is 0 Å². The fourth-order valence-corrected chi connectivity index (χ4v) is 1.65. The van der Waals surface area contributed by atoms with E-state index in [0.29, 0.717) is 5.92 Å². The van der Waals surface area contributed by atoms with E-state index in [-0.39, 0.29) is 18.4 Å². The molecule has 0 fully saturated rings. The SMILES string of the molecule is CC(C)CC[C@@H](N)c1cccc(Br)n1.Cl. The highest BCUT2D eigenvalue weighted by molar-refractivity contribution is 9.10. The van der Waals surface area contributed by atoms with Crippen LogP contribution in [-0.4, -0.2) is 4.98 Å². The van der Waals surface area contributed by atoms with Crippen LogP contribution in [0.3, 0.4) is 0 Å². The molecule has 2 nitrogen and oxygen atoms in total. The average Bonchev–Trinajstić information content (AvgIpc) is 2.14. The normalized spacial score (nSPS) is 12.3. The van der Waals surface area contributed by atoms with E-state index in [0.717, 1.165) is 23.1 Å². The molecule has 86 valence electrons. The highest BCUT2D eigenvalue weighted by atomic mass is 79.9. The lowest BCUT2D eigenvalue weighted by Gasteiger charge is -2.12. The molecule has 0 aliphatic heterocycles. The molecule has 1 rings (SSSR count). The van der Waals surface area contributed by atoms with Gasteiger partial charge in [-0.1, -0.05) is 19.9 Å². The van der Waals surface area contributed by atoms with Crippen LogP contribution in [0.1, 0.15) is 38.4 Å². The van der Waals surface area contributed by atoms with Gasteiger partial charge in [0, 0.05) is 6.04 Å². The van der Waals surface area contributed by atoms with Crippen LogP contribution in [0.4, 0.5) is 0 Å². The zero-order chi connectivity index (χ0) is 10.6. The lowest BCUT2D eigenvalue weighted by molar-refractivity contribution is 0.501. The topological polar surface area (TPSA) is 38.9 Å². The van der Waals surface area contributed by atoms with E-state index in [1.807, 2.05) is 18.2 Å². The Bertz CT molecular complexity index is 292. The zero-order valence-corrected chi connectivity index (χ0v) is 11.5. The first-order chi connectivity index (χ1) is 6.59. The molecule has 0 radical (unpaired) electrons. The molecule has 0 aliphatic carbocycles. The van der Waals surface area contributed by atoms with Crippen molar-refractivity contribution in [2.24, 2.45) is 11.7 Å². The molecule has 1 heterocycles. The van der Waals surface area contributed by atoms with Crippen molar-refractivity contribution >= 4 is 28.3 Å². The van der Waals surface area contributed by atoms with Gasteiger partial charge in [0.05, 0.1) is 5.69 Å². The summed E-state index contributed by atoms with van der Waals surface area (Å²) in [6.45, 7) is 4.42. The number of rotatable bonds is 4. The van der Waals surface area contributed by atoms with Crippen molar-refractivity contribution in [3.8, 4) is 0 Å². The van der Waals surface area contributed by atoms with Gasteiger partial charge in [0.1, 0.15) is 4.60 Å². The van der Waals surface area contributed by atoms with Gasteiger partial charge < -0.3 is 5.73 Å². The fraction of sp³-hybridized carbons (Fsp3) is 0.545. The summed E-state index contributed by atoms with van der Waals surface area (Å²) >= 11 is 3.34. The highest BCUT2D eigenvalue weighted by Gasteiger charge is 2.08. The number of hydrogen-bond acceptors (Lipinski definition) is 2. The van der Waals surface area contributed by atoms with Crippen molar-refractivity contribution < 1.29 is 0 Å². The molecule has 0 aromatic carbocycles. The van der Waals surface area contributed by atoms with E-state index in [4.69, 9.17) is 5.73 Å². The average molecular weight is 294 g/mol. The summed E-state index contributed by atoms with van der Waals surface area (Å²) in [6.07, 6.45) is 2.15. The summed E-state index contributed by atoms with van der Waals surface area (Å²) in [5.74, 6) is 0.702. The second-order valence-corrected chi connectivity index (χ2v) is 4.78. The molecule has 0 unspecified atom stereocenters. The summed E-state index contributed by atoms with van der Waals surface area (Å²) < 4.78 is 0.856. The Balaban J connectivity index is 0.00000196. The van der Waals surface area contributed by atoms with Crippen molar-refractivity contribution in [1.29, 1.82) is 0 Å². The molecule has 4 heteroatoms. The monoisotopic (exact) mass is 292 g/mol. The summed E-state index contributed by atoms with van der Waals surface area (Å²) in [7, 11) is 0. The van der Waals surface area contributed by atoms with Crippen LogP contribution in [0.5, 0.6) is 0 Å². The Labute approximate surface area is 106 Å². The van der Waals surface area contributed by atoms with Crippen molar-refractivity contribution in [2.75, 3.05) is 0 Å². The minimum atomic E-state index is 0. The Hall–Kier alpha value is -0.120. The molecule has 0 spiro atoms. The van der Waals surface area contributed by atoms with Gasteiger partial charge in [-0.3, -0.25) is 0 Å². The van der Waals surface area contributed by atoms with E-state index >= 15 is 0 Å². The van der Waals surface area contributed by atoms with Crippen molar-refractivity contribution in [2.45, 2.75) is 32.7 Å². The third-order valence-electron chi connectivity index (χ3n) is 2.17. The van der Waals surface area contributed by atoms with Gasteiger partial charge in [-0.05, 0) is 46.8 Å². The van der Waals surface area contributed by atoms with Crippen LogP contribution in [0.15, 0.2) is 22.8 Å². The van der Waals surface area contributed by atoms with E-state index in [1.54, 1.807) is 0 Å². The van der Waals surface area contributed by atoms with Gasteiger partial charge in [-0.25, -0.2) is 4.98 Å². The van der Waals surface area contributed by atoms with Crippen LogP contribution < -0.4 is 5.73 Å². The summed E-state index contributed by atoms with van der Waals surface area (Å²) in [5.41, 5.74) is 7.00. The molecular formula is C11H18BrClN2. The third kappa shape index (κ3) is 5.50. The Morgan fingerprint density at radius 1 is 1.33 bits per heavy atom. The minimum absolute atomic E-state index is 0. The Kier molecular flexibility index (Phi) is 7.14. The molecule has 0 bridgehead atoms. The van der Waals surface area contributed by atoms with Gasteiger partial charge in [-0.2, -0.15) is 0 Å². The maximum absolute atomic E-state index is 6.03. The fourth-order valence-electron chi connectivity index (χ4n) is 1.29. The molecular weight excluding hydrogens is 275 g/mol. The predicted octanol–water partition coefficient (Wildman–Crippen LogP) is 3.70. The van der Waals surface area contributed by atoms with Gasteiger partial charge in [0.15, 0.2) is 0 Å². The molecule has 0 saturated carbocycles. The summed E-state index contributed by atoms with van der Waals surface area (Å²) in [5, 5.41) is 0. The Morgan fingerprint density at radius 3 is 2.53 bits per heavy atom. The molecule has 1 aromatic heterocycles. The molecule has 15 heavy (non-hydrogen) atoms. The van der Waals surface area contributed by atoms with Crippen LogP contribution in [0.2, 0.25) is 0 Å². The summed E-state index contributed by atoms with van der Waals surface area (Å²) in [4.78, 5) is 4.34. The largest absolute Gasteiger partial charge is 0.323 e. The second kappa shape index (κ2) is 7.20. The quantitative estimate of drug-likeness (QED) is 0.860. The third-order valence-corrected chi connectivity index (χ3v) is 2.61. The highest BCUT2D eigenvalue weighted by Crippen LogP contribution is 2.18. The number of nitrogens with two attached hydrogens (primary N) is 1. The summed E-state index contributed by atoms with van der Waals surface area (Å²) in [6, 6.07) is 5.94. The smallest absolute Gasteiger partial charge is 0.106 e. The Morgan fingerprint density at radius 2 is 2.00 bits per heavy atom. The zero-order valence-electron chi connectivity index (χ0n) is 9.11. The maximum Gasteiger partial charge on any atom is 0.106 e. The van der Waals surface area contributed by atoms with Gasteiger partial charge in [-0.15, -0.1) is 12.4 Å². The number of halogens is 2. The molecule has 2 N–H and O–H groups in total. The molecule has 0 aliphatic rings. The first-order valence-electron chi connectivity index (χ1n) is 4.97. The first-order valence-corrected chi connectivity index (χ1v) is 5.77. The number of aromatic nitrogens is 1. The van der Waals surface area contributed by atoms with E-state index in [1.165, 1.54) is 0 Å². The van der Waals surface area contributed by atoms with Crippen molar-refractivity contribution in [3.05, 3.63) is 28.5 Å². The van der Waals surface area contributed by atoms with Crippen LogP contribution in [0, 0.1) is 5.92 Å². The molecule has 0 saturated heterocycles. The number of nitrogens with zero attached hydrogens (tertiary/aromatic N) is 1. The standard InChI is InChI=1S/C11H17BrN2.ClH/c1-8(2)6-7-9(13)10-4-3-5-11(12)14-10;/h3-5,8-9H,6-7,13H2,1-2H3;1H/t9-;/m1./s1. The lowest BCUT2D eigenvalue weighted by atomic mass is 10.0. The van der Waals surface area contributed by atoms with Crippen LogP contribution >= 0.6 is 28.3 Å². The molecule has 0 amide bonds. The number of pyridine rings is 1. The van der Waals surface area contributed by atoms with Crippen LogP contribution in [-0.2, 0) is 0 Å². The van der Waals surface area contributed by atoms with E-state index in [9.17, 15) is 0 Å². The first kappa shape index (κ1) is 14.9. The van der Waals surface area contributed by atoms with Gasteiger partial charge >= 0.3 is 0 Å². The second-order valence-electron chi connectivity index (χ2n) is 3.96. The van der Waals surface area contributed by atoms with Crippen molar-refractivity contribution in [1.82, 2.24) is 4.98 Å². The number of hydrogen-bond donors (Lipinski definition) is 1. The molecule has 1 aromatic rings. The van der Waals surface area contributed by atoms with Gasteiger partial charge in [0.25, 0.3) is 0 Å². The van der Waals surface area contributed by atoms with E-state index < -0.39 is 0 Å². The maximum atomic E-state index is 6.03. The van der Waals surface area contributed by atoms with E-state index in [2.05, 4.69) is 34.8 Å². The van der Waals surface area contributed by atoms with Crippen molar-refractivity contribution in [3.63, 3.8) is 0 Å². The minimum Gasteiger partial charge on any atom is -0.323 e. The molecule has 1 atom stereocenters.